The van der Waals surface area contributed by atoms with Crippen LogP contribution in [0.25, 0.3) is 0 Å². The zero-order valence-electron chi connectivity index (χ0n) is 9.75. The van der Waals surface area contributed by atoms with E-state index in [1.165, 1.54) is 0 Å². The van der Waals surface area contributed by atoms with Crippen molar-refractivity contribution >= 4 is 15.9 Å². The van der Waals surface area contributed by atoms with E-state index in [2.05, 4.69) is 40.2 Å². The highest BCUT2D eigenvalue weighted by molar-refractivity contribution is 9.09. The quantitative estimate of drug-likeness (QED) is 0.623. The first-order valence-electron chi connectivity index (χ1n) is 5.90. The van der Waals surface area contributed by atoms with Crippen LogP contribution in [0.5, 0.6) is 0 Å². The largest absolute Gasteiger partial charge is 0.234 e. The highest BCUT2D eigenvalue weighted by Crippen LogP contribution is 2.44. The van der Waals surface area contributed by atoms with Gasteiger partial charge in [0.05, 0.1) is 11.4 Å². The Hall–Kier alpha value is -1.16. The average Bonchev–Trinajstić information content (AvgIpc) is 2.84. The van der Waals surface area contributed by atoms with Gasteiger partial charge in [0.1, 0.15) is 0 Å². The Bertz CT molecular complexity index is 473. The molecule has 18 heavy (non-hydrogen) atoms. The molecule has 0 aliphatic carbocycles. The fourth-order valence-corrected chi connectivity index (χ4v) is 3.07. The molecule has 1 aliphatic rings. The average molecular weight is 305 g/mol. The lowest BCUT2D eigenvalue weighted by Crippen LogP contribution is -2.35. The smallest absolute Gasteiger partial charge is 0.168 e. The van der Waals surface area contributed by atoms with Crippen molar-refractivity contribution in [3.63, 3.8) is 0 Å². The molecule has 1 saturated heterocycles. The van der Waals surface area contributed by atoms with Crippen LogP contribution in [-0.4, -0.2) is 11.4 Å². The Labute approximate surface area is 115 Å². The summed E-state index contributed by atoms with van der Waals surface area (Å²) in [5.41, 5.74) is 1.62. The molecule has 2 aromatic rings. The van der Waals surface area contributed by atoms with E-state index in [1.54, 1.807) is 0 Å². The molecule has 0 amide bonds. The Kier molecular flexibility index (Phi) is 3.20. The summed E-state index contributed by atoms with van der Waals surface area (Å²) >= 11 is 3.69. The minimum Gasteiger partial charge on any atom is -0.234 e. The van der Waals surface area contributed by atoms with Crippen molar-refractivity contribution in [1.29, 1.82) is 0 Å². The highest BCUT2D eigenvalue weighted by Gasteiger charge is 2.48. The van der Waals surface area contributed by atoms with E-state index in [4.69, 9.17) is 9.78 Å². The van der Waals surface area contributed by atoms with Crippen LogP contribution in [0, 0.1) is 0 Å². The van der Waals surface area contributed by atoms with Crippen molar-refractivity contribution in [1.82, 2.24) is 0 Å². The minimum absolute atomic E-state index is 0.0924. The van der Waals surface area contributed by atoms with Crippen LogP contribution in [0.15, 0.2) is 60.7 Å². The molecule has 0 radical (unpaired) electrons. The molecule has 0 spiro atoms. The lowest BCUT2D eigenvalue weighted by molar-refractivity contribution is -0.302. The van der Waals surface area contributed by atoms with E-state index in [0.29, 0.717) is 6.61 Å². The molecule has 1 heterocycles. The van der Waals surface area contributed by atoms with Crippen LogP contribution in [0.4, 0.5) is 0 Å². The van der Waals surface area contributed by atoms with Crippen molar-refractivity contribution in [3.05, 3.63) is 71.8 Å². The van der Waals surface area contributed by atoms with Crippen LogP contribution in [0.2, 0.25) is 0 Å². The van der Waals surface area contributed by atoms with Gasteiger partial charge in [-0.05, 0) is 11.1 Å². The first kappa shape index (κ1) is 11.9. The van der Waals surface area contributed by atoms with Crippen LogP contribution in [0.3, 0.4) is 0 Å². The Morgan fingerprint density at radius 3 is 1.78 bits per heavy atom. The van der Waals surface area contributed by atoms with E-state index in [-0.39, 0.29) is 4.83 Å². The molecule has 3 heteroatoms. The third-order valence-electron chi connectivity index (χ3n) is 3.25. The maximum Gasteiger partial charge on any atom is 0.168 e. The second kappa shape index (κ2) is 4.84. The predicted molar refractivity (Wildman–Crippen MR) is 73.4 cm³/mol. The molecular formula is C15H13BrO2. The molecule has 1 aliphatic heterocycles. The number of halogens is 1. The molecule has 1 fully saturated rings. The van der Waals surface area contributed by atoms with Crippen molar-refractivity contribution in [2.75, 3.05) is 6.61 Å². The van der Waals surface area contributed by atoms with E-state index in [1.807, 2.05) is 36.4 Å². The molecule has 0 saturated carbocycles. The summed E-state index contributed by atoms with van der Waals surface area (Å²) in [6.07, 6.45) is 0. The fraction of sp³-hybridized carbons (Fsp3) is 0.200. The van der Waals surface area contributed by atoms with E-state index in [9.17, 15) is 0 Å². The molecule has 2 aromatic carbocycles. The Morgan fingerprint density at radius 1 is 0.889 bits per heavy atom. The molecule has 2 nitrogen and oxygen atoms in total. The molecule has 1 atom stereocenters. The normalized spacial score (nSPS) is 21.9. The van der Waals surface area contributed by atoms with Crippen molar-refractivity contribution in [3.8, 4) is 0 Å². The zero-order valence-corrected chi connectivity index (χ0v) is 11.3. The highest BCUT2D eigenvalue weighted by atomic mass is 79.9. The minimum atomic E-state index is -0.567. The van der Waals surface area contributed by atoms with Crippen LogP contribution < -0.4 is 0 Å². The number of alkyl halides is 1. The lowest BCUT2D eigenvalue weighted by atomic mass is 9.84. The number of rotatable bonds is 2. The molecule has 0 aromatic heterocycles. The van der Waals surface area contributed by atoms with Gasteiger partial charge in [0.2, 0.25) is 0 Å². The SMILES string of the molecule is BrC1COOC1(c1ccccc1)c1ccccc1. The second-order valence-corrected chi connectivity index (χ2v) is 5.41. The summed E-state index contributed by atoms with van der Waals surface area (Å²) < 4.78 is 0. The van der Waals surface area contributed by atoms with Gasteiger partial charge in [0, 0.05) is 0 Å². The van der Waals surface area contributed by atoms with Gasteiger partial charge in [-0.15, -0.1) is 0 Å². The molecular weight excluding hydrogens is 292 g/mol. The van der Waals surface area contributed by atoms with Gasteiger partial charge < -0.3 is 0 Å². The predicted octanol–water partition coefficient (Wildman–Crippen LogP) is 3.66. The molecule has 0 N–H and O–H groups in total. The lowest BCUT2D eigenvalue weighted by Gasteiger charge is -2.29. The van der Waals surface area contributed by atoms with Crippen molar-refractivity contribution in [2.24, 2.45) is 0 Å². The van der Waals surface area contributed by atoms with Gasteiger partial charge in [0.15, 0.2) is 5.60 Å². The van der Waals surface area contributed by atoms with Gasteiger partial charge in [0.25, 0.3) is 0 Å². The van der Waals surface area contributed by atoms with Gasteiger partial charge >= 0.3 is 0 Å². The maximum absolute atomic E-state index is 5.68. The summed E-state index contributed by atoms with van der Waals surface area (Å²) in [5.74, 6) is 0. The standard InChI is InChI=1S/C15H13BrO2/c16-14-11-17-18-15(14,12-7-3-1-4-8-12)13-9-5-2-6-10-13/h1-10,14H,11H2. The van der Waals surface area contributed by atoms with E-state index in [0.717, 1.165) is 11.1 Å². The second-order valence-electron chi connectivity index (χ2n) is 4.30. The van der Waals surface area contributed by atoms with Crippen molar-refractivity contribution < 1.29 is 9.78 Å². The first-order valence-corrected chi connectivity index (χ1v) is 6.81. The first-order chi connectivity index (χ1) is 8.84. The number of hydrogen-bond donors (Lipinski definition) is 0. The van der Waals surface area contributed by atoms with Gasteiger partial charge in [-0.1, -0.05) is 76.6 Å². The van der Waals surface area contributed by atoms with Gasteiger partial charge in [-0.25, -0.2) is 9.78 Å². The summed E-state index contributed by atoms with van der Waals surface area (Å²) in [5, 5.41) is 0. The molecule has 92 valence electrons. The monoisotopic (exact) mass is 304 g/mol. The summed E-state index contributed by atoms with van der Waals surface area (Å²) in [6.45, 7) is 0.532. The number of benzene rings is 2. The zero-order chi connectivity index (χ0) is 12.4. The van der Waals surface area contributed by atoms with Crippen LogP contribution in [-0.2, 0) is 15.4 Å². The van der Waals surface area contributed by atoms with E-state index < -0.39 is 5.60 Å². The maximum atomic E-state index is 5.68. The summed E-state index contributed by atoms with van der Waals surface area (Å²) in [7, 11) is 0. The van der Waals surface area contributed by atoms with Gasteiger partial charge in [-0.3, -0.25) is 0 Å². The fourth-order valence-electron chi connectivity index (χ4n) is 2.35. The molecule has 0 bridgehead atoms. The molecule has 3 rings (SSSR count). The Morgan fingerprint density at radius 2 is 1.39 bits per heavy atom. The van der Waals surface area contributed by atoms with Crippen molar-refractivity contribution in [2.45, 2.75) is 10.4 Å². The third kappa shape index (κ3) is 1.79. The van der Waals surface area contributed by atoms with Gasteiger partial charge in [-0.2, -0.15) is 0 Å². The Balaban J connectivity index is 2.17. The van der Waals surface area contributed by atoms with Crippen LogP contribution >= 0.6 is 15.9 Å². The number of hydrogen-bond acceptors (Lipinski definition) is 2. The summed E-state index contributed by atoms with van der Waals surface area (Å²) in [6, 6.07) is 20.3. The topological polar surface area (TPSA) is 18.5 Å². The summed E-state index contributed by atoms with van der Waals surface area (Å²) in [4.78, 5) is 11.0. The third-order valence-corrected chi connectivity index (χ3v) is 4.16. The van der Waals surface area contributed by atoms with Crippen LogP contribution in [0.1, 0.15) is 11.1 Å². The van der Waals surface area contributed by atoms with E-state index >= 15 is 0 Å². The molecule has 1 unspecified atom stereocenters.